The molecule has 0 saturated carbocycles. The Bertz CT molecular complexity index is 666. The van der Waals surface area contributed by atoms with E-state index in [-0.39, 0.29) is 18.0 Å². The van der Waals surface area contributed by atoms with Gasteiger partial charge in [-0.25, -0.2) is 9.18 Å². The molecule has 1 aromatic carbocycles. The number of benzene rings is 1. The van der Waals surface area contributed by atoms with Crippen LogP contribution >= 0.6 is 0 Å². The number of amides is 2. The molecule has 3 rings (SSSR count). The summed E-state index contributed by atoms with van der Waals surface area (Å²) in [6.07, 6.45) is 3.24. The number of carbonyl (C=O) groups is 1. The van der Waals surface area contributed by atoms with Gasteiger partial charge in [0.05, 0.1) is 6.54 Å². The smallest absolute Gasteiger partial charge is 0.317 e. The van der Waals surface area contributed by atoms with Crippen molar-refractivity contribution in [3.8, 4) is 5.88 Å². The number of likely N-dealkylation sites (tertiary alicyclic amines) is 1. The van der Waals surface area contributed by atoms with Crippen LogP contribution in [0.3, 0.4) is 0 Å². The Morgan fingerprint density at radius 1 is 1.33 bits per heavy atom. The molecule has 2 aromatic rings. The summed E-state index contributed by atoms with van der Waals surface area (Å²) in [7, 11) is 0. The van der Waals surface area contributed by atoms with E-state index in [1.165, 1.54) is 12.1 Å². The maximum absolute atomic E-state index is 12.9. The Morgan fingerprint density at radius 2 is 2.17 bits per heavy atom. The maximum Gasteiger partial charge on any atom is 0.317 e. The zero-order valence-electron chi connectivity index (χ0n) is 13.2. The summed E-state index contributed by atoms with van der Waals surface area (Å²) < 4.78 is 18.7. The third-order valence-electron chi connectivity index (χ3n) is 3.86. The van der Waals surface area contributed by atoms with Gasteiger partial charge in [0.2, 0.25) is 5.88 Å². The van der Waals surface area contributed by atoms with E-state index in [9.17, 15) is 9.18 Å². The monoisotopic (exact) mass is 330 g/mol. The summed E-state index contributed by atoms with van der Waals surface area (Å²) in [5.74, 6) is 0.182. The van der Waals surface area contributed by atoms with Gasteiger partial charge in [-0.1, -0.05) is 12.1 Å². The largest absolute Gasteiger partial charge is 0.471 e. The summed E-state index contributed by atoms with van der Waals surface area (Å²) in [6, 6.07) is 9.45. The van der Waals surface area contributed by atoms with Gasteiger partial charge in [0.1, 0.15) is 11.9 Å². The van der Waals surface area contributed by atoms with Gasteiger partial charge in [-0.2, -0.15) is 5.10 Å². The number of rotatable bonds is 4. The summed E-state index contributed by atoms with van der Waals surface area (Å²) in [4.78, 5) is 14.0. The van der Waals surface area contributed by atoms with Crippen molar-refractivity contribution >= 4 is 6.03 Å². The molecule has 1 fully saturated rings. The van der Waals surface area contributed by atoms with Gasteiger partial charge in [0.15, 0.2) is 0 Å². The minimum atomic E-state index is -0.287. The Hall–Kier alpha value is -2.70. The van der Waals surface area contributed by atoms with Crippen molar-refractivity contribution in [3.05, 3.63) is 54.0 Å². The standard InChI is InChI=1S/C17H19FN4O2/c18-14-7-5-13(6-8-14)11-19-17(23)22-10-2-3-15(12-22)24-16-4-1-9-20-21-16/h1,4-9,15H,2-3,10-12H2,(H,19,23). The van der Waals surface area contributed by atoms with Gasteiger partial charge in [-0.3, -0.25) is 0 Å². The maximum atomic E-state index is 12.9. The molecule has 1 aliphatic heterocycles. The Morgan fingerprint density at radius 3 is 2.92 bits per heavy atom. The predicted molar refractivity (Wildman–Crippen MR) is 85.9 cm³/mol. The van der Waals surface area contributed by atoms with Crippen LogP contribution in [0.5, 0.6) is 5.88 Å². The molecule has 126 valence electrons. The molecule has 0 spiro atoms. The van der Waals surface area contributed by atoms with Crippen LogP contribution in [0.2, 0.25) is 0 Å². The van der Waals surface area contributed by atoms with Crippen molar-refractivity contribution < 1.29 is 13.9 Å². The van der Waals surface area contributed by atoms with Gasteiger partial charge >= 0.3 is 6.03 Å². The Balaban J connectivity index is 1.50. The molecule has 2 heterocycles. The SMILES string of the molecule is O=C(NCc1ccc(F)cc1)N1CCCC(Oc2cccnn2)C1. The number of urea groups is 1. The second-order valence-corrected chi connectivity index (χ2v) is 5.68. The van der Waals surface area contributed by atoms with E-state index in [2.05, 4.69) is 15.5 Å². The zero-order valence-corrected chi connectivity index (χ0v) is 13.2. The van der Waals surface area contributed by atoms with Crippen molar-refractivity contribution in [2.24, 2.45) is 0 Å². The first-order valence-corrected chi connectivity index (χ1v) is 7.92. The number of nitrogens with one attached hydrogen (secondary N) is 1. The van der Waals surface area contributed by atoms with E-state index in [0.717, 1.165) is 18.4 Å². The van der Waals surface area contributed by atoms with E-state index in [1.54, 1.807) is 35.4 Å². The quantitative estimate of drug-likeness (QED) is 0.934. The van der Waals surface area contributed by atoms with E-state index in [1.807, 2.05) is 0 Å². The average Bonchev–Trinajstić information content (AvgIpc) is 2.62. The fourth-order valence-corrected chi connectivity index (χ4v) is 2.63. The molecular weight excluding hydrogens is 311 g/mol. The summed E-state index contributed by atoms with van der Waals surface area (Å²) in [5, 5.41) is 10.5. The molecule has 1 N–H and O–H groups in total. The van der Waals surface area contributed by atoms with Crippen molar-refractivity contribution in [2.75, 3.05) is 13.1 Å². The van der Waals surface area contributed by atoms with E-state index < -0.39 is 0 Å². The third-order valence-corrected chi connectivity index (χ3v) is 3.86. The van der Waals surface area contributed by atoms with Gasteiger partial charge in [0.25, 0.3) is 0 Å². The topological polar surface area (TPSA) is 67.4 Å². The number of piperidine rings is 1. The number of aromatic nitrogens is 2. The summed E-state index contributed by atoms with van der Waals surface area (Å²) >= 11 is 0. The van der Waals surface area contributed by atoms with Crippen LogP contribution in [0, 0.1) is 5.82 Å². The lowest BCUT2D eigenvalue weighted by atomic mass is 10.1. The van der Waals surface area contributed by atoms with Crippen LogP contribution in [0.4, 0.5) is 9.18 Å². The second-order valence-electron chi connectivity index (χ2n) is 5.68. The van der Waals surface area contributed by atoms with Crippen molar-refractivity contribution in [1.82, 2.24) is 20.4 Å². The zero-order chi connectivity index (χ0) is 16.8. The normalized spacial score (nSPS) is 17.4. The predicted octanol–water partition coefficient (Wildman–Crippen LogP) is 2.37. The molecule has 0 aliphatic carbocycles. The lowest BCUT2D eigenvalue weighted by Gasteiger charge is -2.32. The van der Waals surface area contributed by atoms with Crippen LogP contribution in [0.1, 0.15) is 18.4 Å². The number of halogens is 1. The molecule has 7 heteroatoms. The molecule has 1 aromatic heterocycles. The van der Waals surface area contributed by atoms with Crippen LogP contribution in [0.25, 0.3) is 0 Å². The molecule has 1 aliphatic rings. The van der Waals surface area contributed by atoms with Crippen molar-refractivity contribution in [2.45, 2.75) is 25.5 Å². The highest BCUT2D eigenvalue weighted by atomic mass is 19.1. The van der Waals surface area contributed by atoms with Crippen LogP contribution < -0.4 is 10.1 Å². The highest BCUT2D eigenvalue weighted by Crippen LogP contribution is 2.16. The molecule has 0 bridgehead atoms. The number of nitrogens with zero attached hydrogens (tertiary/aromatic N) is 3. The number of hydrogen-bond acceptors (Lipinski definition) is 4. The van der Waals surface area contributed by atoms with Crippen molar-refractivity contribution in [3.63, 3.8) is 0 Å². The highest BCUT2D eigenvalue weighted by molar-refractivity contribution is 5.74. The minimum Gasteiger partial charge on any atom is -0.471 e. The molecule has 0 radical (unpaired) electrons. The number of hydrogen-bond donors (Lipinski definition) is 1. The molecule has 24 heavy (non-hydrogen) atoms. The molecule has 1 saturated heterocycles. The van der Waals surface area contributed by atoms with E-state index in [0.29, 0.717) is 25.5 Å². The Labute approximate surface area is 139 Å². The first kappa shape index (κ1) is 16.2. The second kappa shape index (κ2) is 7.72. The summed E-state index contributed by atoms with van der Waals surface area (Å²) in [6.45, 7) is 1.56. The molecular formula is C17H19FN4O2. The van der Waals surface area contributed by atoms with Gasteiger partial charge in [-0.05, 0) is 36.6 Å². The van der Waals surface area contributed by atoms with E-state index >= 15 is 0 Å². The lowest BCUT2D eigenvalue weighted by molar-refractivity contribution is 0.0969. The molecule has 1 atom stereocenters. The van der Waals surface area contributed by atoms with Crippen LogP contribution in [-0.4, -0.2) is 40.3 Å². The van der Waals surface area contributed by atoms with E-state index in [4.69, 9.17) is 4.74 Å². The fraction of sp³-hybridized carbons (Fsp3) is 0.353. The van der Waals surface area contributed by atoms with Gasteiger partial charge in [-0.15, -0.1) is 5.10 Å². The third kappa shape index (κ3) is 4.41. The van der Waals surface area contributed by atoms with Gasteiger partial charge in [0, 0.05) is 25.4 Å². The first-order valence-electron chi connectivity index (χ1n) is 7.92. The summed E-state index contributed by atoms with van der Waals surface area (Å²) in [5.41, 5.74) is 0.856. The number of ether oxygens (including phenoxy) is 1. The molecule has 1 unspecified atom stereocenters. The lowest BCUT2D eigenvalue weighted by Crippen LogP contribution is -2.48. The molecule has 2 amide bonds. The van der Waals surface area contributed by atoms with Gasteiger partial charge < -0.3 is 15.0 Å². The highest BCUT2D eigenvalue weighted by Gasteiger charge is 2.25. The van der Waals surface area contributed by atoms with Crippen molar-refractivity contribution in [1.29, 1.82) is 0 Å². The first-order chi connectivity index (χ1) is 11.7. The number of carbonyl (C=O) groups excluding carboxylic acids is 1. The Kier molecular flexibility index (Phi) is 5.20. The fourth-order valence-electron chi connectivity index (χ4n) is 2.63. The van der Waals surface area contributed by atoms with Crippen LogP contribution in [0.15, 0.2) is 42.6 Å². The average molecular weight is 330 g/mol. The minimum absolute atomic E-state index is 0.0907. The molecule has 6 nitrogen and oxygen atoms in total. The van der Waals surface area contributed by atoms with Crippen LogP contribution in [-0.2, 0) is 6.54 Å².